The molecule has 1 aromatic rings. The van der Waals surface area contributed by atoms with E-state index in [0.717, 1.165) is 0 Å². The molecule has 3 N–H and O–H groups in total. The predicted octanol–water partition coefficient (Wildman–Crippen LogP) is 2.01. The molecule has 0 aromatic heterocycles. The fourth-order valence-corrected chi connectivity index (χ4v) is 1.29. The van der Waals surface area contributed by atoms with Gasteiger partial charge in [-0.2, -0.15) is 13.2 Å². The highest BCUT2D eigenvalue weighted by molar-refractivity contribution is 5.85. The molecule has 0 aliphatic heterocycles. The van der Waals surface area contributed by atoms with E-state index in [9.17, 15) is 18.0 Å². The number of carbonyl (C=O) groups excluding carboxylic acids is 1. The van der Waals surface area contributed by atoms with Crippen LogP contribution in [0.1, 0.15) is 12.5 Å². The van der Waals surface area contributed by atoms with Gasteiger partial charge in [0.25, 0.3) is 0 Å². The molecule has 0 fully saturated rings. The van der Waals surface area contributed by atoms with E-state index in [2.05, 4.69) is 10.1 Å². The third-order valence-corrected chi connectivity index (χ3v) is 2.23. The molecule has 0 unspecified atom stereocenters. The van der Waals surface area contributed by atoms with Crippen molar-refractivity contribution in [2.24, 2.45) is 5.73 Å². The van der Waals surface area contributed by atoms with Gasteiger partial charge in [-0.1, -0.05) is 18.2 Å². The van der Waals surface area contributed by atoms with E-state index in [4.69, 9.17) is 5.73 Å². The second kappa shape index (κ2) is 7.96. The van der Waals surface area contributed by atoms with Gasteiger partial charge in [-0.15, -0.1) is 12.4 Å². The summed E-state index contributed by atoms with van der Waals surface area (Å²) in [6.07, 6.45) is -4.40. The Morgan fingerprint density at radius 1 is 1.40 bits per heavy atom. The van der Waals surface area contributed by atoms with Crippen molar-refractivity contribution in [2.45, 2.75) is 25.7 Å². The van der Waals surface area contributed by atoms with Crippen LogP contribution in [-0.4, -0.2) is 24.7 Å². The quantitative estimate of drug-likeness (QED) is 0.874. The molecule has 0 spiro atoms. The average Bonchev–Trinajstić information content (AvgIpc) is 2.33. The minimum Gasteiger partial charge on any atom is -0.484 e. The van der Waals surface area contributed by atoms with E-state index < -0.39 is 18.8 Å². The van der Waals surface area contributed by atoms with Crippen molar-refractivity contribution >= 4 is 18.3 Å². The van der Waals surface area contributed by atoms with Crippen LogP contribution >= 0.6 is 12.4 Å². The minimum atomic E-state index is -4.40. The van der Waals surface area contributed by atoms with Gasteiger partial charge in [-0.05, 0) is 13.0 Å². The van der Waals surface area contributed by atoms with E-state index in [1.165, 1.54) is 13.0 Å². The Hall–Kier alpha value is -1.47. The first-order valence-electron chi connectivity index (χ1n) is 5.60. The topological polar surface area (TPSA) is 64.4 Å². The summed E-state index contributed by atoms with van der Waals surface area (Å²) in [6.45, 7) is 0.209. The summed E-state index contributed by atoms with van der Waals surface area (Å²) in [5.74, 6) is -0.296. The van der Waals surface area contributed by atoms with E-state index in [0.29, 0.717) is 5.56 Å². The number of benzene rings is 1. The van der Waals surface area contributed by atoms with Gasteiger partial charge in [0.2, 0.25) is 5.91 Å². The fraction of sp³-hybridized carbons (Fsp3) is 0.417. The molecule has 0 saturated heterocycles. The molecule has 1 atom stereocenters. The number of hydrogen-bond acceptors (Lipinski definition) is 3. The number of carbonyl (C=O) groups is 1. The van der Waals surface area contributed by atoms with Gasteiger partial charge >= 0.3 is 6.18 Å². The fourth-order valence-electron chi connectivity index (χ4n) is 1.29. The van der Waals surface area contributed by atoms with Crippen LogP contribution in [-0.2, 0) is 11.3 Å². The van der Waals surface area contributed by atoms with Gasteiger partial charge in [0.05, 0.1) is 6.04 Å². The average molecular weight is 313 g/mol. The van der Waals surface area contributed by atoms with Gasteiger partial charge in [0.15, 0.2) is 6.61 Å². The molecule has 0 aliphatic rings. The van der Waals surface area contributed by atoms with E-state index in [-0.39, 0.29) is 30.6 Å². The number of amides is 1. The second-order valence-electron chi connectivity index (χ2n) is 4.02. The maximum Gasteiger partial charge on any atom is 0.422 e. The lowest BCUT2D eigenvalue weighted by atomic mass is 10.2. The van der Waals surface area contributed by atoms with Crippen LogP contribution in [0, 0.1) is 0 Å². The molecule has 114 valence electrons. The summed E-state index contributed by atoms with van der Waals surface area (Å²) < 4.78 is 40.9. The largest absolute Gasteiger partial charge is 0.484 e. The lowest BCUT2D eigenvalue weighted by molar-refractivity contribution is -0.153. The number of halogens is 4. The zero-order valence-electron chi connectivity index (χ0n) is 10.7. The molecule has 1 rings (SSSR count). The Morgan fingerprint density at radius 2 is 2.00 bits per heavy atom. The van der Waals surface area contributed by atoms with Crippen molar-refractivity contribution in [3.8, 4) is 5.75 Å². The summed E-state index contributed by atoms with van der Waals surface area (Å²) in [5.41, 5.74) is 5.82. The molecule has 1 amide bonds. The Morgan fingerprint density at radius 3 is 2.55 bits per heavy atom. The van der Waals surface area contributed by atoms with Crippen molar-refractivity contribution in [1.29, 1.82) is 0 Å². The first-order chi connectivity index (χ1) is 8.79. The number of alkyl halides is 3. The molecule has 1 aromatic carbocycles. The molecular formula is C12H16ClF3N2O2. The third-order valence-electron chi connectivity index (χ3n) is 2.23. The highest BCUT2D eigenvalue weighted by atomic mass is 35.5. The molecule has 4 nitrogen and oxygen atoms in total. The summed E-state index contributed by atoms with van der Waals surface area (Å²) in [5, 5.41) is 2.51. The zero-order chi connectivity index (χ0) is 14.5. The number of para-hydroxylation sites is 1. The summed E-state index contributed by atoms with van der Waals surface area (Å²) in [7, 11) is 0. The SMILES string of the molecule is C[C@H](N)C(=O)NCc1ccccc1OCC(F)(F)F.Cl. The smallest absolute Gasteiger partial charge is 0.422 e. The van der Waals surface area contributed by atoms with Crippen molar-refractivity contribution < 1.29 is 22.7 Å². The third kappa shape index (κ3) is 6.63. The number of nitrogens with one attached hydrogen (secondary N) is 1. The minimum absolute atomic E-state index is 0. The first-order valence-corrected chi connectivity index (χ1v) is 5.60. The highest BCUT2D eigenvalue weighted by Gasteiger charge is 2.28. The standard InChI is InChI=1S/C12H15F3N2O2.ClH/c1-8(16)11(18)17-6-9-4-2-3-5-10(9)19-7-12(13,14)15;/h2-5,8H,6-7,16H2,1H3,(H,17,18);1H/t8-;/m0./s1. The lowest BCUT2D eigenvalue weighted by Crippen LogP contribution is -2.37. The lowest BCUT2D eigenvalue weighted by Gasteiger charge is -2.14. The van der Waals surface area contributed by atoms with Crippen molar-refractivity contribution in [2.75, 3.05) is 6.61 Å². The molecule has 20 heavy (non-hydrogen) atoms. The number of hydrogen-bond donors (Lipinski definition) is 2. The van der Waals surface area contributed by atoms with Crippen LogP contribution in [0.4, 0.5) is 13.2 Å². The van der Waals surface area contributed by atoms with Gasteiger partial charge in [-0.25, -0.2) is 0 Å². The molecule has 0 bridgehead atoms. The van der Waals surface area contributed by atoms with Crippen molar-refractivity contribution in [1.82, 2.24) is 5.32 Å². The zero-order valence-corrected chi connectivity index (χ0v) is 11.6. The highest BCUT2D eigenvalue weighted by Crippen LogP contribution is 2.21. The van der Waals surface area contributed by atoms with Crippen LogP contribution in [0.25, 0.3) is 0 Å². The molecule has 0 radical (unpaired) electrons. The Bertz CT molecular complexity index is 439. The van der Waals surface area contributed by atoms with Gasteiger partial charge < -0.3 is 15.8 Å². The van der Waals surface area contributed by atoms with E-state index in [1.807, 2.05) is 0 Å². The van der Waals surface area contributed by atoms with Crippen LogP contribution < -0.4 is 15.8 Å². The van der Waals surface area contributed by atoms with Crippen LogP contribution in [0.3, 0.4) is 0 Å². The molecule has 0 heterocycles. The number of nitrogens with two attached hydrogens (primary N) is 1. The maximum absolute atomic E-state index is 12.1. The molecular weight excluding hydrogens is 297 g/mol. The Labute approximate surface area is 120 Å². The van der Waals surface area contributed by atoms with Crippen LogP contribution in [0.2, 0.25) is 0 Å². The van der Waals surface area contributed by atoms with E-state index in [1.54, 1.807) is 18.2 Å². The molecule has 0 aliphatic carbocycles. The summed E-state index contributed by atoms with van der Waals surface area (Å²) in [4.78, 5) is 11.3. The van der Waals surface area contributed by atoms with E-state index >= 15 is 0 Å². The predicted molar refractivity (Wildman–Crippen MR) is 70.7 cm³/mol. The molecule has 8 heteroatoms. The first kappa shape index (κ1) is 18.5. The van der Waals surface area contributed by atoms with Crippen LogP contribution in [0.5, 0.6) is 5.75 Å². The van der Waals surface area contributed by atoms with Gasteiger partial charge in [0.1, 0.15) is 5.75 Å². The monoisotopic (exact) mass is 312 g/mol. The van der Waals surface area contributed by atoms with Gasteiger partial charge in [0, 0.05) is 12.1 Å². The Balaban J connectivity index is 0.00000361. The molecule has 0 saturated carbocycles. The summed E-state index contributed by atoms with van der Waals surface area (Å²) in [6, 6.07) is 5.52. The number of rotatable bonds is 5. The van der Waals surface area contributed by atoms with Crippen molar-refractivity contribution in [3.05, 3.63) is 29.8 Å². The number of ether oxygens (including phenoxy) is 1. The maximum atomic E-state index is 12.1. The van der Waals surface area contributed by atoms with Crippen molar-refractivity contribution in [3.63, 3.8) is 0 Å². The Kier molecular flexibility index (Phi) is 7.38. The summed E-state index contributed by atoms with van der Waals surface area (Å²) >= 11 is 0. The normalized spacial score (nSPS) is 12.2. The van der Waals surface area contributed by atoms with Gasteiger partial charge in [-0.3, -0.25) is 4.79 Å². The second-order valence-corrected chi connectivity index (χ2v) is 4.02. The van der Waals surface area contributed by atoms with Crippen LogP contribution in [0.15, 0.2) is 24.3 Å².